The van der Waals surface area contributed by atoms with Crippen LogP contribution in [0.1, 0.15) is 115 Å². The highest BCUT2D eigenvalue weighted by molar-refractivity contribution is 7.91. The first-order valence-electron chi connectivity index (χ1n) is 16.3. The molecule has 0 bridgehead atoms. The number of hydrogen-bond donors (Lipinski definition) is 0. The van der Waals surface area contributed by atoms with Gasteiger partial charge in [0.1, 0.15) is 6.10 Å². The van der Waals surface area contributed by atoms with Crippen LogP contribution < -0.4 is 4.74 Å². The Labute approximate surface area is 271 Å². The topological polar surface area (TPSA) is 101 Å². The smallest absolute Gasteiger partial charge is 0.316 e. The number of nitrogens with zero attached hydrogens (tertiary/aromatic N) is 3. The van der Waals surface area contributed by atoms with E-state index in [0.29, 0.717) is 19.6 Å². The second-order valence-electron chi connectivity index (χ2n) is 11.1. The van der Waals surface area contributed by atoms with Gasteiger partial charge in [0.15, 0.2) is 9.84 Å². The van der Waals surface area contributed by atoms with Crippen LogP contribution in [-0.4, -0.2) is 67.4 Å². The maximum Gasteiger partial charge on any atom is 0.316 e. The van der Waals surface area contributed by atoms with Crippen LogP contribution in [0.3, 0.4) is 0 Å². The standard InChI is InChI=1S/C32H55N3O5S2.ClH/c1-2-3-4-5-6-7-8-9-10-11-12-13-14-15-16-17-23-39-28-30(40-32-34-20-18-21-35-32)29-42(36,37)27-25-38-24-19-31-33-22-26-41-31;/h18,20-22,26,30H,2-17,19,23-25,27-29H2,1H3;1H. The largest absolute Gasteiger partial charge is 0.457 e. The minimum absolute atomic E-state index is 0. The van der Waals surface area contributed by atoms with Crippen molar-refractivity contribution in [3.8, 4) is 6.01 Å². The minimum Gasteiger partial charge on any atom is -0.457 e. The van der Waals surface area contributed by atoms with Gasteiger partial charge >= 0.3 is 6.01 Å². The summed E-state index contributed by atoms with van der Waals surface area (Å²) < 4.78 is 42.7. The Morgan fingerprint density at radius 2 is 1.30 bits per heavy atom. The first kappa shape index (κ1) is 39.7. The summed E-state index contributed by atoms with van der Waals surface area (Å²) in [6.07, 6.45) is 26.1. The van der Waals surface area contributed by atoms with Gasteiger partial charge in [0, 0.05) is 37.0 Å². The van der Waals surface area contributed by atoms with Gasteiger partial charge in [-0.2, -0.15) is 0 Å². The normalized spacial score (nSPS) is 12.2. The molecule has 0 saturated carbocycles. The zero-order valence-electron chi connectivity index (χ0n) is 26.3. The number of halogens is 1. The number of hydrogen-bond acceptors (Lipinski definition) is 9. The Hall–Kier alpha value is -1.33. The van der Waals surface area contributed by atoms with Crippen molar-refractivity contribution >= 4 is 33.6 Å². The average Bonchev–Trinajstić information content (AvgIpc) is 3.50. The van der Waals surface area contributed by atoms with Gasteiger partial charge in [-0.25, -0.2) is 23.4 Å². The Morgan fingerprint density at radius 1 is 0.721 bits per heavy atom. The van der Waals surface area contributed by atoms with Gasteiger partial charge in [0.2, 0.25) is 0 Å². The molecule has 2 heterocycles. The third-order valence-corrected chi connectivity index (χ3v) is 9.69. The van der Waals surface area contributed by atoms with Crippen molar-refractivity contribution in [1.82, 2.24) is 15.0 Å². The van der Waals surface area contributed by atoms with Gasteiger partial charge in [-0.05, 0) is 12.5 Å². The molecule has 0 aliphatic heterocycles. The lowest BCUT2D eigenvalue weighted by atomic mass is 10.0. The van der Waals surface area contributed by atoms with Crippen molar-refractivity contribution in [3.05, 3.63) is 35.0 Å². The molecule has 0 aliphatic carbocycles. The monoisotopic (exact) mass is 661 g/mol. The molecule has 0 aromatic carbocycles. The number of aromatic nitrogens is 3. The molecule has 11 heteroatoms. The summed E-state index contributed by atoms with van der Waals surface area (Å²) in [5, 5.41) is 2.90. The third-order valence-electron chi connectivity index (χ3n) is 7.18. The van der Waals surface area contributed by atoms with Crippen LogP contribution in [0.25, 0.3) is 0 Å². The summed E-state index contributed by atoms with van der Waals surface area (Å²) in [6.45, 7) is 3.64. The van der Waals surface area contributed by atoms with Crippen LogP contribution in [0.5, 0.6) is 6.01 Å². The molecule has 1 unspecified atom stereocenters. The van der Waals surface area contributed by atoms with Crippen molar-refractivity contribution in [3.63, 3.8) is 0 Å². The minimum atomic E-state index is -3.41. The van der Waals surface area contributed by atoms with E-state index in [1.807, 2.05) is 5.38 Å². The molecule has 248 valence electrons. The number of rotatable bonds is 29. The van der Waals surface area contributed by atoms with E-state index in [-0.39, 0.29) is 43.1 Å². The van der Waals surface area contributed by atoms with Crippen LogP contribution in [0.4, 0.5) is 0 Å². The highest BCUT2D eigenvalue weighted by Crippen LogP contribution is 2.14. The van der Waals surface area contributed by atoms with Gasteiger partial charge in [-0.3, -0.25) is 0 Å². The molecule has 1 atom stereocenters. The van der Waals surface area contributed by atoms with E-state index in [2.05, 4.69) is 21.9 Å². The molecule has 0 N–H and O–H groups in total. The van der Waals surface area contributed by atoms with Crippen LogP contribution in [0.15, 0.2) is 30.0 Å². The lowest BCUT2D eigenvalue weighted by Crippen LogP contribution is -2.34. The molecule has 43 heavy (non-hydrogen) atoms. The summed E-state index contributed by atoms with van der Waals surface area (Å²) >= 11 is 1.57. The van der Waals surface area contributed by atoms with Crippen molar-refractivity contribution in [2.75, 3.05) is 37.9 Å². The lowest BCUT2D eigenvalue weighted by Gasteiger charge is -2.18. The fraction of sp³-hybridized carbons (Fsp3) is 0.781. The molecule has 2 aromatic rings. The van der Waals surface area contributed by atoms with Crippen LogP contribution >= 0.6 is 23.7 Å². The second-order valence-corrected chi connectivity index (χ2v) is 14.3. The van der Waals surface area contributed by atoms with Crippen molar-refractivity contribution in [2.45, 2.75) is 122 Å². The molecule has 0 amide bonds. The van der Waals surface area contributed by atoms with E-state index in [9.17, 15) is 8.42 Å². The van der Waals surface area contributed by atoms with E-state index in [4.69, 9.17) is 14.2 Å². The van der Waals surface area contributed by atoms with Gasteiger partial charge in [-0.1, -0.05) is 103 Å². The maximum atomic E-state index is 12.7. The lowest BCUT2D eigenvalue weighted by molar-refractivity contribution is 0.0533. The van der Waals surface area contributed by atoms with E-state index < -0.39 is 15.9 Å². The maximum absolute atomic E-state index is 12.7. The summed E-state index contributed by atoms with van der Waals surface area (Å²) in [5.41, 5.74) is 0. The van der Waals surface area contributed by atoms with Gasteiger partial charge in [0.25, 0.3) is 0 Å². The molecular weight excluding hydrogens is 606 g/mol. The zero-order valence-corrected chi connectivity index (χ0v) is 28.8. The van der Waals surface area contributed by atoms with Crippen LogP contribution in [0, 0.1) is 0 Å². The molecule has 0 radical (unpaired) electrons. The molecule has 0 fully saturated rings. The fourth-order valence-corrected chi connectivity index (χ4v) is 6.64. The van der Waals surface area contributed by atoms with Crippen LogP contribution in [0.2, 0.25) is 0 Å². The zero-order chi connectivity index (χ0) is 30.0. The fourth-order valence-electron chi connectivity index (χ4n) is 4.77. The Balaban J connectivity index is 0.00000924. The molecule has 0 spiro atoms. The van der Waals surface area contributed by atoms with Crippen LogP contribution in [-0.2, 0) is 25.7 Å². The highest BCUT2D eigenvalue weighted by atomic mass is 35.5. The summed E-state index contributed by atoms with van der Waals surface area (Å²) in [5.74, 6) is -0.237. The van der Waals surface area contributed by atoms with Crippen molar-refractivity contribution < 1.29 is 22.6 Å². The molecule has 8 nitrogen and oxygen atoms in total. The first-order chi connectivity index (χ1) is 20.6. The molecular formula is C32H56ClN3O5S2. The third kappa shape index (κ3) is 22.8. The van der Waals surface area contributed by atoms with Gasteiger partial charge in [-0.15, -0.1) is 23.7 Å². The first-order valence-corrected chi connectivity index (χ1v) is 19.0. The molecule has 2 aromatic heterocycles. The van der Waals surface area contributed by atoms with E-state index in [1.54, 1.807) is 36.0 Å². The predicted molar refractivity (Wildman–Crippen MR) is 179 cm³/mol. The Morgan fingerprint density at radius 3 is 1.86 bits per heavy atom. The SMILES string of the molecule is CCCCCCCCCCCCCCCCCCOCC(CS(=O)(=O)CCOCCc1nccs1)Oc1ncccn1.Cl. The summed E-state index contributed by atoms with van der Waals surface area (Å²) in [6, 6.07) is 1.85. The van der Waals surface area contributed by atoms with Crippen molar-refractivity contribution in [2.24, 2.45) is 0 Å². The number of thiazole rings is 1. The quantitative estimate of drug-likeness (QED) is 0.0807. The second kappa shape index (κ2) is 27.0. The summed E-state index contributed by atoms with van der Waals surface area (Å²) in [7, 11) is -3.41. The van der Waals surface area contributed by atoms with E-state index in [1.165, 1.54) is 89.9 Å². The average molecular weight is 662 g/mol. The van der Waals surface area contributed by atoms with Gasteiger partial charge < -0.3 is 14.2 Å². The molecule has 0 saturated heterocycles. The molecule has 0 aliphatic rings. The van der Waals surface area contributed by atoms with E-state index in [0.717, 1.165) is 17.8 Å². The molecule has 2 rings (SSSR count). The Kier molecular flexibility index (Phi) is 24.9. The number of sulfone groups is 1. The number of ether oxygens (including phenoxy) is 3. The highest BCUT2D eigenvalue weighted by Gasteiger charge is 2.22. The van der Waals surface area contributed by atoms with Crippen molar-refractivity contribution in [1.29, 1.82) is 0 Å². The number of unbranched alkanes of at least 4 members (excludes halogenated alkanes) is 15. The van der Waals surface area contributed by atoms with E-state index >= 15 is 0 Å². The Bertz CT molecular complexity index is 969. The predicted octanol–water partition coefficient (Wildman–Crippen LogP) is 8.05. The van der Waals surface area contributed by atoms with Gasteiger partial charge in [0.05, 0.1) is 36.3 Å². The summed E-state index contributed by atoms with van der Waals surface area (Å²) in [4.78, 5) is 12.4.